The van der Waals surface area contributed by atoms with E-state index in [1.54, 1.807) is 0 Å². The highest BCUT2D eigenvalue weighted by Gasteiger charge is 1.99. The first-order chi connectivity index (χ1) is 5.95. The van der Waals surface area contributed by atoms with Gasteiger partial charge in [0, 0.05) is 0 Å². The Kier molecular flexibility index (Phi) is 0.862. The van der Waals surface area contributed by atoms with Crippen molar-refractivity contribution in [3.05, 3.63) is 29.8 Å². The molecule has 0 fully saturated rings. The molecule has 0 bridgehead atoms. The van der Waals surface area contributed by atoms with Crippen molar-refractivity contribution in [1.82, 2.24) is 0 Å². The third-order valence-corrected chi connectivity index (χ3v) is 0.899. The summed E-state index contributed by atoms with van der Waals surface area (Å²) in [6.45, 7) is 0. The molecule has 1 aromatic carbocycles. The Morgan fingerprint density at radius 1 is 1.50 bits per heavy atom. The molecule has 0 atom stereocenters. The number of rotatable bonds is 1. The average Bonchev–Trinajstić information content (AvgIpc) is 2.07. The summed E-state index contributed by atoms with van der Waals surface area (Å²) in [5.41, 5.74) is -0.451. The number of carboxylic acid groups (broad SMARTS) is 1. The number of carbonyl (C=O) groups is 1. The number of hydrogen-bond donors (Lipinski definition) is 2. The first-order valence-corrected chi connectivity index (χ1v) is 2.48. The Bertz CT molecular complexity index is 376. The van der Waals surface area contributed by atoms with Crippen LogP contribution in [0.4, 0.5) is 0 Å². The van der Waals surface area contributed by atoms with Crippen LogP contribution >= 0.6 is 0 Å². The summed E-state index contributed by atoms with van der Waals surface area (Å²) < 4.78 is 21.3. The fraction of sp³-hybridized carbons (Fsp3) is 0. The maximum Gasteiger partial charge on any atom is 0.335 e. The molecule has 0 amide bonds. The quantitative estimate of drug-likeness (QED) is 0.615. The summed E-state index contributed by atoms with van der Waals surface area (Å²) in [6.07, 6.45) is 0. The van der Waals surface area contributed by atoms with Crippen LogP contribution in [0.3, 0.4) is 0 Å². The van der Waals surface area contributed by atoms with E-state index in [2.05, 4.69) is 0 Å². The molecule has 0 heterocycles. The number of hydrogen-bond acceptors (Lipinski definition) is 2. The van der Waals surface area contributed by atoms with E-state index in [9.17, 15) is 4.79 Å². The Morgan fingerprint density at radius 2 is 2.20 bits per heavy atom. The minimum atomic E-state index is -1.38. The number of benzene rings is 1. The molecule has 3 heteroatoms. The van der Waals surface area contributed by atoms with Gasteiger partial charge in [0.25, 0.3) is 0 Å². The Morgan fingerprint density at radius 3 is 2.80 bits per heavy atom. The van der Waals surface area contributed by atoms with Gasteiger partial charge in [-0.15, -0.1) is 0 Å². The second kappa shape index (κ2) is 2.39. The first-order valence-electron chi connectivity index (χ1n) is 3.98. The lowest BCUT2D eigenvalue weighted by Gasteiger charge is -1.92. The maximum absolute atomic E-state index is 10.5. The maximum atomic E-state index is 10.5. The van der Waals surface area contributed by atoms with Crippen LogP contribution in [0.2, 0.25) is 0 Å². The van der Waals surface area contributed by atoms with Crippen molar-refractivity contribution in [3.8, 4) is 5.75 Å². The second-order valence-corrected chi connectivity index (χ2v) is 1.61. The molecule has 0 aromatic heterocycles. The molecule has 1 rings (SSSR count). The Hall–Kier alpha value is -1.51. The lowest BCUT2D eigenvalue weighted by Crippen LogP contribution is -1.93. The third kappa shape index (κ3) is 1.25. The fourth-order valence-electron chi connectivity index (χ4n) is 0.454. The zero-order chi connectivity index (χ0) is 10.2. The topological polar surface area (TPSA) is 57.5 Å². The van der Waals surface area contributed by atoms with Crippen molar-refractivity contribution in [1.29, 1.82) is 0 Å². The normalized spacial score (nSPS) is 13.4. The largest absolute Gasteiger partial charge is 0.508 e. The van der Waals surface area contributed by atoms with Crippen molar-refractivity contribution < 1.29 is 19.1 Å². The zero-order valence-corrected chi connectivity index (χ0v) is 4.88. The van der Waals surface area contributed by atoms with Gasteiger partial charge in [-0.2, -0.15) is 0 Å². The standard InChI is InChI=1S/C7H6O3/c8-6-3-1-5(2-4-6)7(9)10/h1-4,8H,(H,9,10)/i1D,3D,4D. The molecule has 10 heavy (non-hydrogen) atoms. The summed E-state index contributed by atoms with van der Waals surface area (Å²) in [4.78, 5) is 10.5. The lowest BCUT2D eigenvalue weighted by atomic mass is 10.2. The smallest absolute Gasteiger partial charge is 0.335 e. The van der Waals surface area contributed by atoms with E-state index in [4.69, 9.17) is 14.3 Å². The van der Waals surface area contributed by atoms with Crippen LogP contribution in [0.15, 0.2) is 24.2 Å². The molecule has 0 aliphatic heterocycles. The molecular formula is C7H6O3. The fourth-order valence-corrected chi connectivity index (χ4v) is 0.454. The van der Waals surface area contributed by atoms with Gasteiger partial charge in [0.05, 0.1) is 9.68 Å². The van der Waals surface area contributed by atoms with E-state index in [0.29, 0.717) is 0 Å². The van der Waals surface area contributed by atoms with Crippen LogP contribution in [0.5, 0.6) is 5.75 Å². The van der Waals surface area contributed by atoms with Gasteiger partial charge < -0.3 is 10.2 Å². The van der Waals surface area contributed by atoms with Crippen LogP contribution in [0.1, 0.15) is 14.5 Å². The Balaban J connectivity index is 3.50. The van der Waals surface area contributed by atoms with Crippen molar-refractivity contribution in [2.45, 2.75) is 0 Å². The Labute approximate surface area is 61.8 Å². The van der Waals surface area contributed by atoms with Crippen molar-refractivity contribution >= 4 is 5.97 Å². The van der Waals surface area contributed by atoms with Crippen LogP contribution in [0, 0.1) is 0 Å². The minimum absolute atomic E-state index is 0.451. The predicted molar refractivity (Wildman–Crippen MR) is 35.1 cm³/mol. The first kappa shape index (κ1) is 3.61. The van der Waals surface area contributed by atoms with Gasteiger partial charge in [0.2, 0.25) is 0 Å². The molecule has 0 unspecified atom stereocenters. The molecule has 52 valence electrons. The molecule has 0 spiro atoms. The minimum Gasteiger partial charge on any atom is -0.508 e. The van der Waals surface area contributed by atoms with Gasteiger partial charge >= 0.3 is 5.97 Å². The summed E-state index contributed by atoms with van der Waals surface area (Å²) in [7, 11) is 0. The van der Waals surface area contributed by atoms with Gasteiger partial charge in [0.15, 0.2) is 0 Å². The molecule has 0 aliphatic rings. The molecule has 0 aliphatic carbocycles. The number of aromatic hydroxyl groups is 1. The van der Waals surface area contributed by atoms with Gasteiger partial charge in [-0.1, -0.05) is 0 Å². The molecule has 1 aromatic rings. The van der Waals surface area contributed by atoms with E-state index in [1.165, 1.54) is 0 Å². The number of carboxylic acids is 1. The molecule has 3 nitrogen and oxygen atoms in total. The van der Waals surface area contributed by atoms with Gasteiger partial charge in [-0.25, -0.2) is 4.79 Å². The van der Waals surface area contributed by atoms with Gasteiger partial charge in [0.1, 0.15) is 5.75 Å². The predicted octanol–water partition coefficient (Wildman–Crippen LogP) is 1.09. The number of phenols is 1. The third-order valence-electron chi connectivity index (χ3n) is 0.899. The number of aromatic carboxylic acids is 1. The monoisotopic (exact) mass is 141 g/mol. The molecule has 0 saturated heterocycles. The van der Waals surface area contributed by atoms with E-state index in [0.717, 1.165) is 6.07 Å². The van der Waals surface area contributed by atoms with E-state index >= 15 is 0 Å². The molecule has 0 saturated carbocycles. The van der Waals surface area contributed by atoms with Crippen molar-refractivity contribution in [2.24, 2.45) is 0 Å². The summed E-state index contributed by atoms with van der Waals surface area (Å²) in [6, 6.07) is -0.831. The summed E-state index contributed by atoms with van der Waals surface area (Å²) in [5, 5.41) is 17.5. The van der Waals surface area contributed by atoms with Crippen LogP contribution in [-0.2, 0) is 0 Å². The van der Waals surface area contributed by atoms with E-state index < -0.39 is 35.4 Å². The van der Waals surface area contributed by atoms with Crippen LogP contribution in [0.25, 0.3) is 0 Å². The van der Waals surface area contributed by atoms with Crippen molar-refractivity contribution in [2.75, 3.05) is 0 Å². The SMILES string of the molecule is [2H]c1cc(C(=O)O)c([2H])c([2H])c1O. The van der Waals surface area contributed by atoms with Gasteiger partial charge in [-0.3, -0.25) is 0 Å². The summed E-state index contributed by atoms with van der Waals surface area (Å²) >= 11 is 0. The van der Waals surface area contributed by atoms with Gasteiger partial charge in [-0.05, 0) is 24.2 Å². The average molecular weight is 141 g/mol. The highest BCUT2D eigenvalue weighted by Crippen LogP contribution is 2.08. The van der Waals surface area contributed by atoms with Crippen LogP contribution in [-0.4, -0.2) is 16.2 Å². The number of phenolic OH excluding ortho intramolecular Hbond substituents is 1. The summed E-state index contributed by atoms with van der Waals surface area (Å²) in [5.74, 6) is -2.05. The highest BCUT2D eigenvalue weighted by molar-refractivity contribution is 5.87. The van der Waals surface area contributed by atoms with Crippen LogP contribution < -0.4 is 0 Å². The lowest BCUT2D eigenvalue weighted by molar-refractivity contribution is 0.0697. The zero-order valence-electron chi connectivity index (χ0n) is 7.88. The van der Waals surface area contributed by atoms with E-state index in [1.807, 2.05) is 0 Å². The highest BCUT2D eigenvalue weighted by atomic mass is 16.4. The molecule has 2 N–H and O–H groups in total. The van der Waals surface area contributed by atoms with E-state index in [-0.39, 0.29) is 0 Å². The van der Waals surface area contributed by atoms with Crippen molar-refractivity contribution in [3.63, 3.8) is 0 Å². The molecular weight excluding hydrogens is 132 g/mol. The molecule has 0 radical (unpaired) electrons. The second-order valence-electron chi connectivity index (χ2n) is 1.61.